The summed E-state index contributed by atoms with van der Waals surface area (Å²) in [7, 11) is 0. The summed E-state index contributed by atoms with van der Waals surface area (Å²) in [6.07, 6.45) is 4.73. The Kier molecular flexibility index (Phi) is 9.57. The average Bonchev–Trinajstić information content (AvgIpc) is 3.29. The summed E-state index contributed by atoms with van der Waals surface area (Å²) >= 11 is 0. The number of hydrogen-bond acceptors (Lipinski definition) is 4. The van der Waals surface area contributed by atoms with E-state index in [4.69, 9.17) is 0 Å². The fraction of sp³-hybridized carbons (Fsp3) is 0.400. The Morgan fingerprint density at radius 2 is 1.48 bits per heavy atom. The van der Waals surface area contributed by atoms with Gasteiger partial charge in [-0.05, 0) is 74.9 Å². The maximum absolute atomic E-state index is 13.9. The van der Waals surface area contributed by atoms with E-state index in [9.17, 15) is 14.4 Å². The minimum atomic E-state index is -0.202. The Morgan fingerprint density at radius 3 is 2.19 bits per heavy atom. The standard InChI is InChI=1S/C35H42N4O3/c1-3-30(27-11-6-4-7-12-27)34(41)39-22-10-21-37(23-24-39)32-18-17-29(36-33(40)28-15-13-26(2)14-16-28)25-31(32)35(42)38-19-8-5-9-20-38/h4,6-7,11-18,25,30H,3,5,8-10,19-24H2,1-2H3,(H,36,40)/t30-/m0/s1. The zero-order chi connectivity index (χ0) is 29.5. The third-order valence-corrected chi connectivity index (χ3v) is 8.50. The second-order valence-electron chi connectivity index (χ2n) is 11.4. The molecule has 2 fully saturated rings. The third kappa shape index (κ3) is 6.84. The largest absolute Gasteiger partial charge is 0.369 e. The Hall–Kier alpha value is -4.13. The molecule has 7 nitrogen and oxygen atoms in total. The summed E-state index contributed by atoms with van der Waals surface area (Å²) in [5.74, 6) is -0.176. The molecule has 220 valence electrons. The van der Waals surface area contributed by atoms with Crippen molar-refractivity contribution >= 4 is 29.1 Å². The van der Waals surface area contributed by atoms with Crippen molar-refractivity contribution in [2.24, 2.45) is 0 Å². The lowest BCUT2D eigenvalue weighted by atomic mass is 9.95. The SMILES string of the molecule is CC[C@H](C(=O)N1CCCN(c2ccc(NC(=O)c3ccc(C)cc3)cc2C(=O)N2CCCCC2)CC1)c1ccccc1. The molecule has 2 aliphatic rings. The molecule has 0 saturated carbocycles. The van der Waals surface area contributed by atoms with Crippen LogP contribution >= 0.6 is 0 Å². The molecular weight excluding hydrogens is 524 g/mol. The maximum atomic E-state index is 13.9. The quantitative estimate of drug-likeness (QED) is 0.375. The normalized spacial score (nSPS) is 16.5. The smallest absolute Gasteiger partial charge is 0.256 e. The lowest BCUT2D eigenvalue weighted by molar-refractivity contribution is -0.132. The van der Waals surface area contributed by atoms with Crippen LogP contribution in [0.3, 0.4) is 0 Å². The van der Waals surface area contributed by atoms with E-state index in [1.807, 2.05) is 89.5 Å². The molecule has 0 bridgehead atoms. The van der Waals surface area contributed by atoms with Crippen LogP contribution in [0, 0.1) is 6.92 Å². The molecule has 2 aliphatic heterocycles. The van der Waals surface area contributed by atoms with Crippen LogP contribution in [0.2, 0.25) is 0 Å². The average molecular weight is 567 g/mol. The topological polar surface area (TPSA) is 73.0 Å². The van der Waals surface area contributed by atoms with Gasteiger partial charge in [0.25, 0.3) is 11.8 Å². The van der Waals surface area contributed by atoms with Gasteiger partial charge in [0.2, 0.25) is 5.91 Å². The summed E-state index contributed by atoms with van der Waals surface area (Å²) < 4.78 is 0. The van der Waals surface area contributed by atoms with E-state index >= 15 is 0 Å². The van der Waals surface area contributed by atoms with Gasteiger partial charge in [-0.1, -0.05) is 55.0 Å². The number of benzene rings is 3. The number of aryl methyl sites for hydroxylation is 1. The van der Waals surface area contributed by atoms with Crippen molar-refractivity contribution in [1.29, 1.82) is 0 Å². The summed E-state index contributed by atoms with van der Waals surface area (Å²) in [5.41, 5.74) is 4.80. The van der Waals surface area contributed by atoms with Crippen molar-refractivity contribution in [3.63, 3.8) is 0 Å². The van der Waals surface area contributed by atoms with Gasteiger partial charge in [-0.3, -0.25) is 14.4 Å². The number of nitrogens with zero attached hydrogens (tertiary/aromatic N) is 3. The highest BCUT2D eigenvalue weighted by atomic mass is 16.2. The van der Waals surface area contributed by atoms with Gasteiger partial charge in [0.05, 0.1) is 11.5 Å². The third-order valence-electron chi connectivity index (χ3n) is 8.50. The van der Waals surface area contributed by atoms with Crippen LogP contribution in [0.25, 0.3) is 0 Å². The van der Waals surface area contributed by atoms with Crippen molar-refractivity contribution in [3.05, 3.63) is 95.1 Å². The van der Waals surface area contributed by atoms with E-state index in [1.165, 1.54) is 0 Å². The predicted octanol–water partition coefficient (Wildman–Crippen LogP) is 6.11. The van der Waals surface area contributed by atoms with Crippen molar-refractivity contribution in [2.45, 2.75) is 51.9 Å². The molecule has 0 spiro atoms. The number of piperidine rings is 1. The first-order chi connectivity index (χ1) is 20.4. The summed E-state index contributed by atoms with van der Waals surface area (Å²) in [6.45, 7) is 8.24. The van der Waals surface area contributed by atoms with Gasteiger partial charge in [-0.15, -0.1) is 0 Å². The zero-order valence-corrected chi connectivity index (χ0v) is 24.9. The predicted molar refractivity (Wildman–Crippen MR) is 168 cm³/mol. The van der Waals surface area contributed by atoms with E-state index in [0.29, 0.717) is 36.4 Å². The molecule has 5 rings (SSSR count). The number of carbonyl (C=O) groups excluding carboxylic acids is 3. The summed E-state index contributed by atoms with van der Waals surface area (Å²) in [4.78, 5) is 46.6. The monoisotopic (exact) mass is 566 g/mol. The molecule has 2 heterocycles. The van der Waals surface area contributed by atoms with Crippen LogP contribution < -0.4 is 10.2 Å². The van der Waals surface area contributed by atoms with Gasteiger partial charge in [0.1, 0.15) is 0 Å². The van der Waals surface area contributed by atoms with Crippen molar-refractivity contribution in [2.75, 3.05) is 49.5 Å². The number of hydrogen-bond donors (Lipinski definition) is 1. The fourth-order valence-corrected chi connectivity index (χ4v) is 6.07. The lowest BCUT2D eigenvalue weighted by Crippen LogP contribution is -2.39. The van der Waals surface area contributed by atoms with Crippen molar-refractivity contribution < 1.29 is 14.4 Å². The first-order valence-corrected chi connectivity index (χ1v) is 15.3. The van der Waals surface area contributed by atoms with E-state index in [0.717, 1.165) is 68.6 Å². The molecule has 42 heavy (non-hydrogen) atoms. The summed E-state index contributed by atoms with van der Waals surface area (Å²) in [5, 5.41) is 2.99. The van der Waals surface area contributed by atoms with Gasteiger partial charge in [0.15, 0.2) is 0 Å². The molecule has 0 aromatic heterocycles. The molecule has 3 aromatic carbocycles. The molecule has 0 aliphatic carbocycles. The van der Waals surface area contributed by atoms with Gasteiger partial charge >= 0.3 is 0 Å². The van der Waals surface area contributed by atoms with E-state index in [-0.39, 0.29) is 23.6 Å². The van der Waals surface area contributed by atoms with Crippen LogP contribution in [-0.2, 0) is 4.79 Å². The van der Waals surface area contributed by atoms with Crippen LogP contribution in [0.5, 0.6) is 0 Å². The molecule has 3 aromatic rings. The Morgan fingerprint density at radius 1 is 0.762 bits per heavy atom. The molecule has 0 radical (unpaired) electrons. The number of likely N-dealkylation sites (tertiary alicyclic amines) is 1. The van der Waals surface area contributed by atoms with Crippen LogP contribution in [-0.4, -0.2) is 66.8 Å². The maximum Gasteiger partial charge on any atom is 0.256 e. The lowest BCUT2D eigenvalue weighted by Gasteiger charge is -2.31. The number of anilines is 2. The highest BCUT2D eigenvalue weighted by molar-refractivity contribution is 6.06. The summed E-state index contributed by atoms with van der Waals surface area (Å²) in [6, 6.07) is 23.1. The Balaban J connectivity index is 1.36. The molecule has 0 unspecified atom stereocenters. The fourth-order valence-electron chi connectivity index (χ4n) is 6.07. The van der Waals surface area contributed by atoms with E-state index in [1.54, 1.807) is 0 Å². The number of nitrogens with one attached hydrogen (secondary N) is 1. The molecule has 1 N–H and O–H groups in total. The Bertz CT molecular complexity index is 1380. The molecule has 2 saturated heterocycles. The zero-order valence-electron chi connectivity index (χ0n) is 24.9. The first-order valence-electron chi connectivity index (χ1n) is 15.3. The Labute approximate surface area is 249 Å². The van der Waals surface area contributed by atoms with Gasteiger partial charge < -0.3 is 20.0 Å². The minimum absolute atomic E-state index is 0.00318. The molecule has 1 atom stereocenters. The van der Waals surface area contributed by atoms with Crippen LogP contribution in [0.4, 0.5) is 11.4 Å². The second kappa shape index (κ2) is 13.7. The van der Waals surface area contributed by atoms with Crippen LogP contribution in [0.1, 0.15) is 76.8 Å². The van der Waals surface area contributed by atoms with E-state index in [2.05, 4.69) is 17.1 Å². The van der Waals surface area contributed by atoms with Gasteiger partial charge in [-0.25, -0.2) is 0 Å². The second-order valence-corrected chi connectivity index (χ2v) is 11.4. The van der Waals surface area contributed by atoms with Gasteiger partial charge in [-0.2, -0.15) is 0 Å². The number of rotatable bonds is 7. The van der Waals surface area contributed by atoms with Gasteiger partial charge in [0, 0.05) is 56.2 Å². The number of amides is 3. The highest BCUT2D eigenvalue weighted by Gasteiger charge is 2.29. The molecule has 3 amide bonds. The molecule has 7 heteroatoms. The molecular formula is C35H42N4O3. The van der Waals surface area contributed by atoms with E-state index < -0.39 is 0 Å². The first kappa shape index (κ1) is 29.4. The van der Waals surface area contributed by atoms with Crippen LogP contribution in [0.15, 0.2) is 72.8 Å². The van der Waals surface area contributed by atoms with Crippen molar-refractivity contribution in [1.82, 2.24) is 9.80 Å². The number of carbonyl (C=O) groups is 3. The minimum Gasteiger partial charge on any atom is -0.369 e. The highest BCUT2D eigenvalue weighted by Crippen LogP contribution is 2.29. The van der Waals surface area contributed by atoms with Crippen molar-refractivity contribution in [3.8, 4) is 0 Å².